The van der Waals surface area contributed by atoms with Crippen molar-refractivity contribution in [3.63, 3.8) is 0 Å². The van der Waals surface area contributed by atoms with E-state index in [0.717, 1.165) is 25.1 Å². The maximum Gasteiger partial charge on any atom is 0.0942 e. The van der Waals surface area contributed by atoms with Crippen molar-refractivity contribution < 1.29 is 5.11 Å². The average Bonchev–Trinajstić information content (AvgIpc) is 2.91. The van der Waals surface area contributed by atoms with Crippen molar-refractivity contribution in [1.82, 2.24) is 4.90 Å². The topological polar surface area (TPSA) is 23.5 Å². The van der Waals surface area contributed by atoms with E-state index >= 15 is 0 Å². The summed E-state index contributed by atoms with van der Waals surface area (Å²) in [4.78, 5) is 2.39. The molecule has 17 heavy (non-hydrogen) atoms. The standard InChI is InChI=1S/C15H23NO/c1-3-13-6-8-14(9-7-13)15(17)12(2)16-10-4-5-11-16/h6-9,12,15,17H,3-5,10-11H2,1-2H3. The molecule has 0 amide bonds. The van der Waals surface area contributed by atoms with Crippen molar-refractivity contribution in [3.8, 4) is 0 Å². The van der Waals surface area contributed by atoms with Crippen LogP contribution in [0.4, 0.5) is 0 Å². The molecule has 2 heteroatoms. The molecule has 1 aromatic carbocycles. The molecule has 94 valence electrons. The van der Waals surface area contributed by atoms with Gasteiger partial charge in [0.25, 0.3) is 0 Å². The van der Waals surface area contributed by atoms with Gasteiger partial charge in [-0.05, 0) is 50.4 Å². The molecular weight excluding hydrogens is 210 g/mol. The SMILES string of the molecule is CCc1ccc(C(O)C(C)N2CCCC2)cc1. The number of aliphatic hydroxyl groups is 1. The van der Waals surface area contributed by atoms with Crippen LogP contribution >= 0.6 is 0 Å². The molecule has 0 radical (unpaired) electrons. The molecule has 1 fully saturated rings. The summed E-state index contributed by atoms with van der Waals surface area (Å²) >= 11 is 0. The quantitative estimate of drug-likeness (QED) is 0.864. The van der Waals surface area contributed by atoms with E-state index in [0.29, 0.717) is 0 Å². The summed E-state index contributed by atoms with van der Waals surface area (Å²) in [6.07, 6.45) is 3.23. The monoisotopic (exact) mass is 233 g/mol. The summed E-state index contributed by atoms with van der Waals surface area (Å²) < 4.78 is 0. The van der Waals surface area contributed by atoms with Gasteiger partial charge in [0.05, 0.1) is 6.10 Å². The number of rotatable bonds is 4. The van der Waals surface area contributed by atoms with E-state index in [1.54, 1.807) is 0 Å². The van der Waals surface area contributed by atoms with Crippen LogP contribution in [0.2, 0.25) is 0 Å². The highest BCUT2D eigenvalue weighted by Crippen LogP contribution is 2.24. The highest BCUT2D eigenvalue weighted by molar-refractivity contribution is 5.25. The second-order valence-corrected chi connectivity index (χ2v) is 5.02. The second-order valence-electron chi connectivity index (χ2n) is 5.02. The van der Waals surface area contributed by atoms with Crippen LogP contribution in [0.5, 0.6) is 0 Å². The zero-order valence-corrected chi connectivity index (χ0v) is 10.9. The van der Waals surface area contributed by atoms with Crippen molar-refractivity contribution in [2.75, 3.05) is 13.1 Å². The molecule has 0 bridgehead atoms. The third kappa shape index (κ3) is 2.88. The first kappa shape index (κ1) is 12.6. The summed E-state index contributed by atoms with van der Waals surface area (Å²) in [5.41, 5.74) is 2.37. The van der Waals surface area contributed by atoms with Crippen molar-refractivity contribution >= 4 is 0 Å². The average molecular weight is 233 g/mol. The molecule has 1 aliphatic heterocycles. The Kier molecular flexibility index (Phi) is 4.19. The molecule has 2 atom stereocenters. The Hall–Kier alpha value is -0.860. The fourth-order valence-corrected chi connectivity index (χ4v) is 2.58. The van der Waals surface area contributed by atoms with Gasteiger partial charge in [0.2, 0.25) is 0 Å². The van der Waals surface area contributed by atoms with Crippen LogP contribution in [0.3, 0.4) is 0 Å². The number of hydrogen-bond acceptors (Lipinski definition) is 2. The fourth-order valence-electron chi connectivity index (χ4n) is 2.58. The normalized spacial score (nSPS) is 20.4. The summed E-state index contributed by atoms with van der Waals surface area (Å²) in [7, 11) is 0. The van der Waals surface area contributed by atoms with E-state index < -0.39 is 0 Å². The first-order chi connectivity index (χ1) is 8.22. The van der Waals surface area contributed by atoms with Gasteiger partial charge in [-0.25, -0.2) is 0 Å². The van der Waals surface area contributed by atoms with Crippen molar-refractivity contribution in [2.45, 2.75) is 45.3 Å². The summed E-state index contributed by atoms with van der Waals surface area (Å²) in [5.74, 6) is 0. The van der Waals surface area contributed by atoms with E-state index in [1.165, 1.54) is 18.4 Å². The molecule has 2 unspecified atom stereocenters. The lowest BCUT2D eigenvalue weighted by Gasteiger charge is -2.28. The molecule has 1 aromatic rings. The first-order valence-corrected chi connectivity index (χ1v) is 6.73. The minimum Gasteiger partial charge on any atom is -0.387 e. The zero-order valence-electron chi connectivity index (χ0n) is 10.9. The Bertz CT molecular complexity index is 340. The Labute approximate surface area is 104 Å². The molecule has 1 N–H and O–H groups in total. The van der Waals surface area contributed by atoms with Gasteiger partial charge in [0.15, 0.2) is 0 Å². The molecule has 1 heterocycles. The highest BCUT2D eigenvalue weighted by atomic mass is 16.3. The Morgan fingerprint density at radius 1 is 1.18 bits per heavy atom. The lowest BCUT2D eigenvalue weighted by atomic mass is 10.0. The number of hydrogen-bond donors (Lipinski definition) is 1. The lowest BCUT2D eigenvalue weighted by molar-refractivity contribution is 0.0716. The van der Waals surface area contributed by atoms with Crippen LogP contribution < -0.4 is 0 Å². The predicted octanol–water partition coefficient (Wildman–Crippen LogP) is 2.77. The fraction of sp³-hybridized carbons (Fsp3) is 0.600. The second kappa shape index (κ2) is 5.65. The van der Waals surface area contributed by atoms with E-state index in [-0.39, 0.29) is 12.1 Å². The van der Waals surface area contributed by atoms with E-state index in [4.69, 9.17) is 0 Å². The van der Waals surface area contributed by atoms with Crippen LogP contribution in [0.1, 0.15) is 43.9 Å². The summed E-state index contributed by atoms with van der Waals surface area (Å²) in [6, 6.07) is 8.60. The molecular formula is C15H23NO. The maximum atomic E-state index is 10.4. The van der Waals surface area contributed by atoms with Crippen LogP contribution in [0, 0.1) is 0 Å². The molecule has 1 saturated heterocycles. The third-order valence-electron chi connectivity index (χ3n) is 3.90. The number of nitrogens with zero attached hydrogens (tertiary/aromatic N) is 1. The minimum atomic E-state index is -0.362. The van der Waals surface area contributed by atoms with E-state index in [2.05, 4.69) is 43.0 Å². The number of aryl methyl sites for hydroxylation is 1. The van der Waals surface area contributed by atoms with E-state index in [1.807, 2.05) is 0 Å². The van der Waals surface area contributed by atoms with Gasteiger partial charge >= 0.3 is 0 Å². The van der Waals surface area contributed by atoms with Crippen LogP contribution in [-0.2, 0) is 6.42 Å². The van der Waals surface area contributed by atoms with Crippen molar-refractivity contribution in [1.29, 1.82) is 0 Å². The molecule has 0 aliphatic carbocycles. The van der Waals surface area contributed by atoms with Crippen LogP contribution in [0.15, 0.2) is 24.3 Å². The summed E-state index contributed by atoms with van der Waals surface area (Å²) in [5, 5.41) is 10.4. The number of likely N-dealkylation sites (tertiary alicyclic amines) is 1. The van der Waals surface area contributed by atoms with Gasteiger partial charge in [0.1, 0.15) is 0 Å². The smallest absolute Gasteiger partial charge is 0.0942 e. The Balaban J connectivity index is 2.04. The van der Waals surface area contributed by atoms with Crippen molar-refractivity contribution in [2.24, 2.45) is 0 Å². The maximum absolute atomic E-state index is 10.4. The Morgan fingerprint density at radius 2 is 1.76 bits per heavy atom. The largest absolute Gasteiger partial charge is 0.387 e. The lowest BCUT2D eigenvalue weighted by Crippen LogP contribution is -2.35. The molecule has 2 rings (SSSR count). The number of aliphatic hydroxyl groups excluding tert-OH is 1. The Morgan fingerprint density at radius 3 is 2.29 bits per heavy atom. The van der Waals surface area contributed by atoms with E-state index in [9.17, 15) is 5.11 Å². The predicted molar refractivity (Wildman–Crippen MR) is 71.0 cm³/mol. The van der Waals surface area contributed by atoms with Crippen LogP contribution in [0.25, 0.3) is 0 Å². The molecule has 0 saturated carbocycles. The van der Waals surface area contributed by atoms with Gasteiger partial charge in [-0.1, -0.05) is 31.2 Å². The first-order valence-electron chi connectivity index (χ1n) is 6.73. The van der Waals surface area contributed by atoms with Gasteiger partial charge in [-0.3, -0.25) is 4.90 Å². The minimum absolute atomic E-state index is 0.227. The van der Waals surface area contributed by atoms with Gasteiger partial charge < -0.3 is 5.11 Å². The van der Waals surface area contributed by atoms with Crippen molar-refractivity contribution in [3.05, 3.63) is 35.4 Å². The number of benzene rings is 1. The van der Waals surface area contributed by atoms with Gasteiger partial charge in [-0.2, -0.15) is 0 Å². The summed E-state index contributed by atoms with van der Waals surface area (Å²) in [6.45, 7) is 6.54. The molecule has 1 aliphatic rings. The molecule has 0 aromatic heterocycles. The van der Waals surface area contributed by atoms with Gasteiger partial charge in [0, 0.05) is 6.04 Å². The molecule has 2 nitrogen and oxygen atoms in total. The third-order valence-corrected chi connectivity index (χ3v) is 3.90. The zero-order chi connectivity index (χ0) is 12.3. The van der Waals surface area contributed by atoms with Crippen LogP contribution in [-0.4, -0.2) is 29.1 Å². The van der Waals surface area contributed by atoms with Gasteiger partial charge in [-0.15, -0.1) is 0 Å². The molecule has 0 spiro atoms. The highest BCUT2D eigenvalue weighted by Gasteiger charge is 2.25.